The molecule has 1 aromatic carbocycles. The summed E-state index contributed by atoms with van der Waals surface area (Å²) in [6, 6.07) is 5.32. The van der Waals surface area contributed by atoms with Crippen molar-refractivity contribution in [3.05, 3.63) is 18.2 Å². The summed E-state index contributed by atoms with van der Waals surface area (Å²) in [6.45, 7) is 0. The Morgan fingerprint density at radius 3 is 2.68 bits per heavy atom. The third-order valence-electron chi connectivity index (χ3n) is 3.55. The predicted octanol–water partition coefficient (Wildman–Crippen LogP) is 2.37. The second-order valence-electron chi connectivity index (χ2n) is 4.98. The fourth-order valence-electron chi connectivity index (χ4n) is 2.48. The van der Waals surface area contributed by atoms with E-state index in [-0.39, 0.29) is 4.90 Å². The molecule has 0 saturated heterocycles. The second-order valence-corrected chi connectivity index (χ2v) is 8.07. The zero-order chi connectivity index (χ0) is 14.0. The second kappa shape index (κ2) is 5.63. The lowest BCUT2D eigenvalue weighted by Crippen LogP contribution is -2.26. The largest absolute Gasteiger partial charge is 0.397 e. The number of anilines is 2. The number of rotatable bonds is 4. The summed E-state index contributed by atoms with van der Waals surface area (Å²) in [4.78, 5) is 0.267. The summed E-state index contributed by atoms with van der Waals surface area (Å²) in [5.41, 5.74) is 7.28. The van der Waals surface area contributed by atoms with Crippen LogP contribution >= 0.6 is 11.8 Å². The van der Waals surface area contributed by atoms with Crippen LogP contribution in [0.15, 0.2) is 23.1 Å². The van der Waals surface area contributed by atoms with E-state index >= 15 is 0 Å². The summed E-state index contributed by atoms with van der Waals surface area (Å²) >= 11 is 1.87. The van der Waals surface area contributed by atoms with Gasteiger partial charge in [-0.2, -0.15) is 11.8 Å². The zero-order valence-electron chi connectivity index (χ0n) is 11.2. The molecule has 1 aromatic rings. The van der Waals surface area contributed by atoms with Gasteiger partial charge in [-0.05, 0) is 37.3 Å². The van der Waals surface area contributed by atoms with Gasteiger partial charge in [0.15, 0.2) is 9.84 Å². The normalized spacial score (nSPS) is 23.5. The standard InChI is InChI=1S/C13H20N2O2S2/c1-18-13-5-3-4-12(13)15-11-7-6-9(8-10(11)14)19(2,16)17/h6-8,12-13,15H,3-5,14H2,1-2H3. The maximum Gasteiger partial charge on any atom is 0.175 e. The average Bonchev–Trinajstić information content (AvgIpc) is 2.77. The summed E-state index contributed by atoms with van der Waals surface area (Å²) in [6.07, 6.45) is 6.90. The van der Waals surface area contributed by atoms with Crippen LogP contribution in [0.3, 0.4) is 0 Å². The molecular weight excluding hydrogens is 280 g/mol. The van der Waals surface area contributed by atoms with Gasteiger partial charge in [-0.15, -0.1) is 0 Å². The number of nitrogens with one attached hydrogen (secondary N) is 1. The Hall–Kier alpha value is -0.880. The molecule has 0 radical (unpaired) electrons. The molecule has 2 atom stereocenters. The van der Waals surface area contributed by atoms with Gasteiger partial charge < -0.3 is 11.1 Å². The monoisotopic (exact) mass is 300 g/mol. The molecule has 1 aliphatic rings. The van der Waals surface area contributed by atoms with E-state index < -0.39 is 9.84 Å². The van der Waals surface area contributed by atoms with Gasteiger partial charge >= 0.3 is 0 Å². The number of benzene rings is 1. The molecule has 1 fully saturated rings. The Kier molecular flexibility index (Phi) is 4.30. The maximum atomic E-state index is 11.5. The first-order valence-corrected chi connectivity index (χ1v) is 9.48. The molecule has 0 aromatic heterocycles. The highest BCUT2D eigenvalue weighted by Gasteiger charge is 2.26. The Bertz CT molecular complexity index is 558. The Morgan fingerprint density at radius 1 is 1.37 bits per heavy atom. The number of nitrogen functional groups attached to an aromatic ring is 1. The van der Waals surface area contributed by atoms with Crippen molar-refractivity contribution >= 4 is 33.0 Å². The molecule has 1 saturated carbocycles. The van der Waals surface area contributed by atoms with Crippen LogP contribution in [-0.4, -0.2) is 32.2 Å². The van der Waals surface area contributed by atoms with E-state index in [0.29, 0.717) is 17.0 Å². The van der Waals surface area contributed by atoms with Crippen LogP contribution in [0.5, 0.6) is 0 Å². The summed E-state index contributed by atoms with van der Waals surface area (Å²) in [7, 11) is -3.20. The van der Waals surface area contributed by atoms with Crippen LogP contribution in [0.25, 0.3) is 0 Å². The lowest BCUT2D eigenvalue weighted by Gasteiger charge is -2.21. The minimum Gasteiger partial charge on any atom is -0.397 e. The van der Waals surface area contributed by atoms with E-state index in [1.165, 1.54) is 25.2 Å². The minimum atomic E-state index is -3.20. The van der Waals surface area contributed by atoms with Crippen molar-refractivity contribution in [2.45, 2.75) is 35.4 Å². The van der Waals surface area contributed by atoms with E-state index in [4.69, 9.17) is 5.73 Å². The number of nitrogens with two attached hydrogens (primary N) is 1. The molecule has 2 rings (SSSR count). The number of thioether (sulfide) groups is 1. The van der Waals surface area contributed by atoms with Crippen LogP contribution in [0.1, 0.15) is 19.3 Å². The third kappa shape index (κ3) is 3.36. The molecule has 2 unspecified atom stereocenters. The Balaban J connectivity index is 2.18. The van der Waals surface area contributed by atoms with Crippen molar-refractivity contribution in [2.24, 2.45) is 0 Å². The summed E-state index contributed by atoms with van der Waals surface area (Å²) in [5.74, 6) is 0. The summed E-state index contributed by atoms with van der Waals surface area (Å²) in [5, 5.41) is 4.05. The number of hydrogen-bond donors (Lipinski definition) is 2. The lowest BCUT2D eigenvalue weighted by molar-refractivity contribution is 0.602. The van der Waals surface area contributed by atoms with Gasteiger partial charge in [-0.3, -0.25) is 0 Å². The predicted molar refractivity (Wildman–Crippen MR) is 82.5 cm³/mol. The molecule has 4 nitrogen and oxygen atoms in total. The molecule has 19 heavy (non-hydrogen) atoms. The molecule has 0 amide bonds. The van der Waals surface area contributed by atoms with Crippen LogP contribution in [0.2, 0.25) is 0 Å². The molecule has 106 valence electrons. The molecule has 0 aliphatic heterocycles. The average molecular weight is 300 g/mol. The van der Waals surface area contributed by atoms with Crippen molar-refractivity contribution in [3.63, 3.8) is 0 Å². The molecule has 0 spiro atoms. The topological polar surface area (TPSA) is 72.2 Å². The van der Waals surface area contributed by atoms with Gasteiger partial charge in [-0.25, -0.2) is 8.42 Å². The molecule has 1 aliphatic carbocycles. The Labute approximate surface area is 119 Å². The molecule has 6 heteroatoms. The highest BCUT2D eigenvalue weighted by atomic mass is 32.2. The number of hydrogen-bond acceptors (Lipinski definition) is 5. The van der Waals surface area contributed by atoms with Crippen LogP contribution in [0, 0.1) is 0 Å². The molecule has 0 bridgehead atoms. The summed E-state index contributed by atoms with van der Waals surface area (Å²) < 4.78 is 22.9. The van der Waals surface area contributed by atoms with Crippen molar-refractivity contribution < 1.29 is 8.42 Å². The van der Waals surface area contributed by atoms with Gasteiger partial charge in [0.05, 0.1) is 16.3 Å². The van der Waals surface area contributed by atoms with E-state index in [1.807, 2.05) is 11.8 Å². The van der Waals surface area contributed by atoms with Gasteiger partial charge in [0.25, 0.3) is 0 Å². The molecule has 0 heterocycles. The van der Waals surface area contributed by atoms with Crippen molar-refractivity contribution in [3.8, 4) is 0 Å². The van der Waals surface area contributed by atoms with E-state index in [9.17, 15) is 8.42 Å². The van der Waals surface area contributed by atoms with E-state index in [2.05, 4.69) is 11.6 Å². The lowest BCUT2D eigenvalue weighted by atomic mass is 10.2. The first-order chi connectivity index (χ1) is 8.91. The first-order valence-electron chi connectivity index (χ1n) is 6.30. The molecule has 3 N–H and O–H groups in total. The van der Waals surface area contributed by atoms with Crippen molar-refractivity contribution in [1.29, 1.82) is 0 Å². The van der Waals surface area contributed by atoms with Gasteiger partial charge in [0.1, 0.15) is 0 Å². The fraction of sp³-hybridized carbons (Fsp3) is 0.538. The van der Waals surface area contributed by atoms with Crippen molar-refractivity contribution in [1.82, 2.24) is 0 Å². The third-order valence-corrected chi connectivity index (χ3v) is 5.83. The van der Waals surface area contributed by atoms with Crippen LogP contribution in [0.4, 0.5) is 11.4 Å². The Morgan fingerprint density at radius 2 is 2.11 bits per heavy atom. The molecular formula is C13H20N2O2S2. The minimum absolute atomic E-state index is 0.267. The highest BCUT2D eigenvalue weighted by molar-refractivity contribution is 7.99. The van der Waals surface area contributed by atoms with Gasteiger partial charge in [0, 0.05) is 17.5 Å². The van der Waals surface area contributed by atoms with Crippen LogP contribution in [-0.2, 0) is 9.84 Å². The van der Waals surface area contributed by atoms with E-state index in [0.717, 1.165) is 12.1 Å². The van der Waals surface area contributed by atoms with Crippen molar-refractivity contribution in [2.75, 3.05) is 23.6 Å². The van der Waals surface area contributed by atoms with Crippen LogP contribution < -0.4 is 11.1 Å². The van der Waals surface area contributed by atoms with Gasteiger partial charge in [-0.1, -0.05) is 6.42 Å². The quantitative estimate of drug-likeness (QED) is 0.835. The maximum absolute atomic E-state index is 11.5. The fourth-order valence-corrected chi connectivity index (χ4v) is 4.07. The zero-order valence-corrected chi connectivity index (χ0v) is 12.9. The first kappa shape index (κ1) is 14.5. The van der Waals surface area contributed by atoms with E-state index in [1.54, 1.807) is 12.1 Å². The highest BCUT2D eigenvalue weighted by Crippen LogP contribution is 2.32. The smallest absolute Gasteiger partial charge is 0.175 e. The van der Waals surface area contributed by atoms with Gasteiger partial charge in [0.2, 0.25) is 0 Å². The number of sulfone groups is 1. The SMILES string of the molecule is CSC1CCCC1Nc1ccc(S(C)(=O)=O)cc1N.